The number of aliphatic hydroxyl groups is 5. The fraction of sp³-hybridized carbons (Fsp3) is 0.500. The van der Waals surface area contributed by atoms with Gasteiger partial charge in [-0.1, -0.05) is 12.1 Å². The predicted molar refractivity (Wildman–Crippen MR) is 152 cm³/mol. The maximum Gasteiger partial charge on any atom is 0.331 e. The monoisotopic (exact) mass is 638 g/mol. The van der Waals surface area contributed by atoms with E-state index in [2.05, 4.69) is 0 Å². The van der Waals surface area contributed by atoms with Gasteiger partial charge in [0.05, 0.1) is 26.4 Å². The van der Waals surface area contributed by atoms with E-state index >= 15 is 0 Å². The highest BCUT2D eigenvalue weighted by molar-refractivity contribution is 5.87. The highest BCUT2D eigenvalue weighted by atomic mass is 16.7. The number of esters is 1. The number of carbonyl (C=O) groups is 1. The van der Waals surface area contributed by atoms with Crippen LogP contribution in [-0.2, 0) is 34.9 Å². The Morgan fingerprint density at radius 1 is 0.867 bits per heavy atom. The molecule has 0 spiro atoms. The third kappa shape index (κ3) is 8.21. The summed E-state index contributed by atoms with van der Waals surface area (Å²) >= 11 is 0. The number of phenolic OH excluding ortho intramolecular Hbond substituents is 3. The SMILES string of the molecule is COc1ccc(CCO[C@@H]2O[C@H](CO)[C@@H](OC(=O)C=Cc3ccc(O)c(O)c3)[C@@H](O[C@@H]3O[C@H](C)[C@H](O)[C@@H](O)[C@H]3O)[C@H]2O)cc1O. The van der Waals surface area contributed by atoms with E-state index in [-0.39, 0.29) is 30.3 Å². The molecule has 2 aromatic carbocycles. The zero-order chi connectivity index (χ0) is 32.8. The summed E-state index contributed by atoms with van der Waals surface area (Å²) < 4.78 is 33.4. The lowest BCUT2D eigenvalue weighted by Gasteiger charge is -2.46. The molecular formula is C30H38O15. The minimum Gasteiger partial charge on any atom is -0.504 e. The van der Waals surface area contributed by atoms with E-state index in [1.165, 1.54) is 44.4 Å². The van der Waals surface area contributed by atoms with Crippen molar-refractivity contribution in [3.8, 4) is 23.0 Å². The van der Waals surface area contributed by atoms with Crippen LogP contribution in [0.3, 0.4) is 0 Å². The van der Waals surface area contributed by atoms with Gasteiger partial charge in [0, 0.05) is 6.08 Å². The number of hydrogen-bond acceptors (Lipinski definition) is 15. The molecule has 15 heteroatoms. The number of carbonyl (C=O) groups excluding carboxylic acids is 1. The highest BCUT2D eigenvalue weighted by Crippen LogP contribution is 2.32. The molecular weight excluding hydrogens is 600 g/mol. The van der Waals surface area contributed by atoms with Gasteiger partial charge in [-0.3, -0.25) is 0 Å². The van der Waals surface area contributed by atoms with Crippen molar-refractivity contribution in [1.29, 1.82) is 0 Å². The molecule has 2 fully saturated rings. The Labute approximate surface area is 258 Å². The summed E-state index contributed by atoms with van der Waals surface area (Å²) in [5.41, 5.74) is 1.01. The number of methoxy groups -OCH3 is 1. The van der Waals surface area contributed by atoms with E-state index in [1.807, 2.05) is 0 Å². The normalized spacial score (nSPS) is 32.0. The molecule has 0 aliphatic carbocycles. The topological polar surface area (TPSA) is 234 Å². The summed E-state index contributed by atoms with van der Waals surface area (Å²) in [6, 6.07) is 8.60. The van der Waals surface area contributed by atoms with Crippen LogP contribution in [0, 0.1) is 0 Å². The van der Waals surface area contributed by atoms with Crippen molar-refractivity contribution >= 4 is 12.0 Å². The molecule has 8 N–H and O–H groups in total. The number of aromatic hydroxyl groups is 3. The standard InChI is InChI=1S/C30H38O15/c1-14-23(36)24(37)25(38)30(42-14)45-28-26(39)29(41-10-9-16-4-7-20(40-2)19(34)12-16)43-21(13-31)27(28)44-22(35)8-5-15-3-6-17(32)18(33)11-15/h3-8,11-12,14,21,23-34,36-39H,9-10,13H2,1-2H3/t14-,21-,23+,24-,25-,26-,27-,28+,29-,30+/m1/s1. The molecule has 0 bridgehead atoms. The van der Waals surface area contributed by atoms with E-state index < -0.39 is 79.7 Å². The Hall–Kier alpha value is -3.51. The fourth-order valence-corrected chi connectivity index (χ4v) is 4.92. The summed E-state index contributed by atoms with van der Waals surface area (Å²) in [6.45, 7) is 0.674. The van der Waals surface area contributed by atoms with Crippen molar-refractivity contribution in [3.63, 3.8) is 0 Å². The molecule has 0 aromatic heterocycles. The van der Waals surface area contributed by atoms with Crippen LogP contribution in [0.1, 0.15) is 18.1 Å². The van der Waals surface area contributed by atoms with Crippen molar-refractivity contribution in [2.45, 2.75) is 74.8 Å². The smallest absolute Gasteiger partial charge is 0.331 e. The lowest BCUT2D eigenvalue weighted by molar-refractivity contribution is -0.357. The van der Waals surface area contributed by atoms with E-state index in [9.17, 15) is 45.6 Å². The van der Waals surface area contributed by atoms with Crippen molar-refractivity contribution in [3.05, 3.63) is 53.6 Å². The summed E-state index contributed by atoms with van der Waals surface area (Å²) in [4.78, 5) is 12.8. The summed E-state index contributed by atoms with van der Waals surface area (Å²) in [5, 5.41) is 81.5. The Morgan fingerprint density at radius 2 is 1.62 bits per heavy atom. The second-order valence-corrected chi connectivity index (χ2v) is 10.6. The number of aliphatic hydroxyl groups excluding tert-OH is 5. The zero-order valence-electron chi connectivity index (χ0n) is 24.4. The van der Waals surface area contributed by atoms with E-state index in [1.54, 1.807) is 12.1 Å². The molecule has 0 radical (unpaired) electrons. The molecule has 2 aromatic rings. The number of benzene rings is 2. The Morgan fingerprint density at radius 3 is 2.29 bits per heavy atom. The lowest BCUT2D eigenvalue weighted by Crippen LogP contribution is -2.65. The van der Waals surface area contributed by atoms with Crippen LogP contribution in [-0.4, -0.2) is 129 Å². The first-order chi connectivity index (χ1) is 21.4. The number of rotatable bonds is 11. The van der Waals surface area contributed by atoms with Gasteiger partial charge in [0.2, 0.25) is 0 Å². The number of phenols is 3. The third-order valence-electron chi connectivity index (χ3n) is 7.47. The largest absolute Gasteiger partial charge is 0.504 e. The number of ether oxygens (including phenoxy) is 6. The Bertz CT molecular complexity index is 1320. The predicted octanol–water partition coefficient (Wildman–Crippen LogP) is -0.713. The fourth-order valence-electron chi connectivity index (χ4n) is 4.92. The summed E-state index contributed by atoms with van der Waals surface area (Å²) in [6.07, 6.45) is -12.4. The van der Waals surface area contributed by atoms with Gasteiger partial charge >= 0.3 is 5.97 Å². The first kappa shape index (κ1) is 34.4. The first-order valence-corrected chi connectivity index (χ1v) is 14.1. The lowest BCUT2D eigenvalue weighted by atomic mass is 9.97. The van der Waals surface area contributed by atoms with Crippen LogP contribution in [0.25, 0.3) is 6.08 Å². The third-order valence-corrected chi connectivity index (χ3v) is 7.47. The first-order valence-electron chi connectivity index (χ1n) is 14.1. The Balaban J connectivity index is 1.52. The maximum absolute atomic E-state index is 12.8. The van der Waals surface area contributed by atoms with Gasteiger partial charge in [0.25, 0.3) is 0 Å². The van der Waals surface area contributed by atoms with Crippen LogP contribution in [0.4, 0.5) is 0 Å². The second kappa shape index (κ2) is 15.2. The summed E-state index contributed by atoms with van der Waals surface area (Å²) in [7, 11) is 1.42. The second-order valence-electron chi connectivity index (χ2n) is 10.6. The average Bonchev–Trinajstić information content (AvgIpc) is 3.02. The van der Waals surface area contributed by atoms with Gasteiger partial charge in [-0.05, 0) is 54.8 Å². The van der Waals surface area contributed by atoms with E-state index in [4.69, 9.17) is 28.4 Å². The summed E-state index contributed by atoms with van der Waals surface area (Å²) in [5.74, 6) is -1.53. The zero-order valence-corrected chi connectivity index (χ0v) is 24.4. The molecule has 0 amide bonds. The molecule has 15 nitrogen and oxygen atoms in total. The van der Waals surface area contributed by atoms with Crippen molar-refractivity contribution in [2.75, 3.05) is 20.3 Å². The van der Waals surface area contributed by atoms with Crippen molar-refractivity contribution in [2.24, 2.45) is 0 Å². The van der Waals surface area contributed by atoms with Gasteiger partial charge in [-0.25, -0.2) is 4.79 Å². The van der Waals surface area contributed by atoms with Crippen LogP contribution in [0.2, 0.25) is 0 Å². The van der Waals surface area contributed by atoms with Gasteiger partial charge in [-0.2, -0.15) is 0 Å². The molecule has 45 heavy (non-hydrogen) atoms. The molecule has 2 saturated heterocycles. The minimum atomic E-state index is -1.76. The maximum atomic E-state index is 12.8. The molecule has 0 unspecified atom stereocenters. The molecule has 10 atom stereocenters. The minimum absolute atomic E-state index is 0.0322. The van der Waals surface area contributed by atoms with Crippen molar-refractivity contribution in [1.82, 2.24) is 0 Å². The molecule has 0 saturated carbocycles. The molecule has 2 aliphatic heterocycles. The van der Waals surface area contributed by atoms with E-state index in [0.29, 0.717) is 11.1 Å². The van der Waals surface area contributed by atoms with Gasteiger partial charge < -0.3 is 69.3 Å². The van der Waals surface area contributed by atoms with Crippen LogP contribution >= 0.6 is 0 Å². The van der Waals surface area contributed by atoms with Gasteiger partial charge in [0.15, 0.2) is 41.7 Å². The number of hydrogen-bond donors (Lipinski definition) is 8. The van der Waals surface area contributed by atoms with Crippen molar-refractivity contribution < 1.29 is 74.1 Å². The van der Waals surface area contributed by atoms with Crippen LogP contribution in [0.15, 0.2) is 42.5 Å². The van der Waals surface area contributed by atoms with Gasteiger partial charge in [-0.15, -0.1) is 0 Å². The quantitative estimate of drug-likeness (QED) is 0.0862. The molecule has 2 heterocycles. The van der Waals surface area contributed by atoms with Crippen LogP contribution in [0.5, 0.6) is 23.0 Å². The molecule has 4 rings (SSSR count). The average molecular weight is 639 g/mol. The van der Waals surface area contributed by atoms with E-state index in [0.717, 1.165) is 6.08 Å². The van der Waals surface area contributed by atoms with Crippen LogP contribution < -0.4 is 4.74 Å². The molecule has 2 aliphatic rings. The Kier molecular flexibility index (Phi) is 11.6. The van der Waals surface area contributed by atoms with Gasteiger partial charge in [0.1, 0.15) is 36.6 Å². The molecule has 248 valence electrons. The highest BCUT2D eigenvalue weighted by Gasteiger charge is 2.52.